The highest BCUT2D eigenvalue weighted by Crippen LogP contribution is 2.33. The summed E-state index contributed by atoms with van der Waals surface area (Å²) in [5.41, 5.74) is 3.03. The van der Waals surface area contributed by atoms with E-state index < -0.39 is 5.97 Å². The van der Waals surface area contributed by atoms with Gasteiger partial charge in [-0.05, 0) is 12.5 Å². The van der Waals surface area contributed by atoms with E-state index in [9.17, 15) is 15.2 Å². The van der Waals surface area contributed by atoms with E-state index in [0.29, 0.717) is 28.1 Å². The van der Waals surface area contributed by atoms with Crippen molar-refractivity contribution in [3.63, 3.8) is 0 Å². The predicted molar refractivity (Wildman–Crippen MR) is 82.8 cm³/mol. The Morgan fingerprint density at radius 1 is 1.30 bits per heavy atom. The van der Waals surface area contributed by atoms with Crippen LogP contribution in [0.5, 0.6) is 0 Å². The maximum absolute atomic E-state index is 11.6. The summed E-state index contributed by atoms with van der Waals surface area (Å²) in [4.78, 5) is 15.5. The number of hydrogen-bond acceptors (Lipinski definition) is 4. The smallest absolute Gasteiger partial charge is 0.353 e. The first-order valence-corrected chi connectivity index (χ1v) is 6.86. The van der Waals surface area contributed by atoms with Crippen LogP contribution in [0.2, 0.25) is 0 Å². The number of carboxylic acids is 1. The van der Waals surface area contributed by atoms with E-state index in [4.69, 9.17) is 4.42 Å². The van der Waals surface area contributed by atoms with Gasteiger partial charge >= 0.3 is 5.97 Å². The molecule has 1 N–H and O–H groups in total. The molecular formula is C17H13N3O3. The van der Waals surface area contributed by atoms with E-state index in [1.165, 1.54) is 11.0 Å². The lowest BCUT2D eigenvalue weighted by Gasteiger charge is -2.05. The maximum atomic E-state index is 11.6. The zero-order valence-corrected chi connectivity index (χ0v) is 12.6. The van der Waals surface area contributed by atoms with Crippen LogP contribution in [0.15, 0.2) is 41.3 Å². The van der Waals surface area contributed by atoms with Gasteiger partial charge in [0.2, 0.25) is 0 Å². The van der Waals surface area contributed by atoms with Gasteiger partial charge in [-0.15, -0.1) is 0 Å². The molecule has 0 saturated heterocycles. The Hall–Kier alpha value is -3.33. The Morgan fingerprint density at radius 2 is 1.96 bits per heavy atom. The van der Waals surface area contributed by atoms with Gasteiger partial charge in [0, 0.05) is 23.9 Å². The molecule has 0 bridgehead atoms. The van der Waals surface area contributed by atoms with E-state index >= 15 is 0 Å². The second-order valence-corrected chi connectivity index (χ2v) is 5.10. The minimum Gasteiger partial charge on any atom is -0.477 e. The number of hydrogen-bond donors (Lipinski definition) is 1. The fraction of sp³-hybridized carbons (Fsp3) is 0.118. The minimum absolute atomic E-state index is 0.103. The number of rotatable bonds is 3. The fourth-order valence-corrected chi connectivity index (χ4v) is 2.63. The average Bonchev–Trinajstić information content (AvgIpc) is 3.15. The number of carboxylic acid groups (broad SMARTS) is 1. The van der Waals surface area contributed by atoms with Crippen LogP contribution >= 0.6 is 0 Å². The third kappa shape index (κ3) is 2.28. The molecule has 0 unspecified atom stereocenters. The average molecular weight is 307 g/mol. The second kappa shape index (κ2) is 5.46. The molecule has 0 amide bonds. The van der Waals surface area contributed by atoms with Crippen LogP contribution in [0.25, 0.3) is 22.5 Å². The molecule has 0 aliphatic carbocycles. The van der Waals surface area contributed by atoms with Gasteiger partial charge in [-0.25, -0.2) is 9.78 Å². The van der Waals surface area contributed by atoms with Crippen LogP contribution < -0.4 is 0 Å². The first-order chi connectivity index (χ1) is 11.0. The van der Waals surface area contributed by atoms with Crippen molar-refractivity contribution in [1.29, 1.82) is 5.26 Å². The quantitative estimate of drug-likeness (QED) is 0.802. The molecule has 23 heavy (non-hydrogen) atoms. The third-order valence-electron chi connectivity index (χ3n) is 3.89. The Bertz CT molecular complexity index is 914. The molecule has 0 radical (unpaired) electrons. The van der Waals surface area contributed by atoms with Crippen molar-refractivity contribution >= 4 is 5.97 Å². The van der Waals surface area contributed by atoms with Crippen LogP contribution in [0.4, 0.5) is 0 Å². The van der Waals surface area contributed by atoms with Crippen molar-refractivity contribution in [1.82, 2.24) is 9.55 Å². The molecule has 3 rings (SSSR count). The molecule has 0 saturated carbocycles. The summed E-state index contributed by atoms with van der Waals surface area (Å²) in [5.74, 6) is -0.439. The lowest BCUT2D eigenvalue weighted by molar-refractivity contribution is 0.0687. The Morgan fingerprint density at radius 3 is 2.48 bits per heavy atom. The molecule has 1 aromatic carbocycles. The number of nitriles is 1. The summed E-state index contributed by atoms with van der Waals surface area (Å²) in [7, 11) is 1.64. The highest BCUT2D eigenvalue weighted by molar-refractivity contribution is 5.97. The summed E-state index contributed by atoms with van der Waals surface area (Å²) in [6, 6.07) is 9.28. The molecule has 0 spiro atoms. The van der Waals surface area contributed by atoms with Crippen molar-refractivity contribution in [3.05, 3.63) is 53.8 Å². The van der Waals surface area contributed by atoms with Gasteiger partial charge in [-0.3, -0.25) is 0 Å². The maximum Gasteiger partial charge on any atom is 0.353 e. The molecular weight excluding hydrogens is 294 g/mol. The van der Waals surface area contributed by atoms with E-state index in [2.05, 4.69) is 11.1 Å². The molecule has 0 atom stereocenters. The zero-order valence-electron chi connectivity index (χ0n) is 12.6. The Labute approximate surface area is 132 Å². The lowest BCUT2D eigenvalue weighted by Crippen LogP contribution is -2.06. The molecule has 6 nitrogen and oxygen atoms in total. The number of aromatic carboxylic acids is 1. The van der Waals surface area contributed by atoms with Crippen molar-refractivity contribution in [2.45, 2.75) is 6.92 Å². The first kappa shape index (κ1) is 14.6. The SMILES string of the molecule is Cc1c(C#N)c(-c2ccc(-c3cnco3)cc2)c(C(=O)O)n1C. The number of oxazole rings is 1. The van der Waals surface area contributed by atoms with Gasteiger partial charge < -0.3 is 14.1 Å². The van der Waals surface area contributed by atoms with E-state index in [0.717, 1.165) is 5.56 Å². The molecule has 0 fully saturated rings. The number of carbonyl (C=O) groups is 1. The number of benzene rings is 1. The summed E-state index contributed by atoms with van der Waals surface area (Å²) in [6.07, 6.45) is 2.95. The number of nitrogens with zero attached hydrogens (tertiary/aromatic N) is 3. The van der Waals surface area contributed by atoms with Gasteiger partial charge in [-0.2, -0.15) is 5.26 Å². The van der Waals surface area contributed by atoms with Crippen molar-refractivity contribution in [2.75, 3.05) is 0 Å². The van der Waals surface area contributed by atoms with Gasteiger partial charge in [0.05, 0.1) is 11.8 Å². The van der Waals surface area contributed by atoms with Crippen molar-refractivity contribution < 1.29 is 14.3 Å². The molecule has 0 aliphatic rings. The van der Waals surface area contributed by atoms with Gasteiger partial charge in [-0.1, -0.05) is 24.3 Å². The van der Waals surface area contributed by atoms with Crippen molar-refractivity contribution in [3.8, 4) is 28.5 Å². The van der Waals surface area contributed by atoms with Crippen LogP contribution in [0.3, 0.4) is 0 Å². The molecule has 3 aromatic rings. The van der Waals surface area contributed by atoms with Crippen LogP contribution in [0.1, 0.15) is 21.7 Å². The summed E-state index contributed by atoms with van der Waals surface area (Å²) in [5, 5.41) is 18.9. The normalized spacial score (nSPS) is 10.5. The summed E-state index contributed by atoms with van der Waals surface area (Å²) in [6.45, 7) is 1.73. The predicted octanol–water partition coefficient (Wildman–Crippen LogP) is 3.23. The second-order valence-electron chi connectivity index (χ2n) is 5.10. The van der Waals surface area contributed by atoms with Crippen molar-refractivity contribution in [2.24, 2.45) is 7.05 Å². The van der Waals surface area contributed by atoms with Crippen LogP contribution in [-0.2, 0) is 7.05 Å². The lowest BCUT2D eigenvalue weighted by atomic mass is 9.99. The minimum atomic E-state index is -1.06. The summed E-state index contributed by atoms with van der Waals surface area (Å²) < 4.78 is 6.76. The third-order valence-corrected chi connectivity index (χ3v) is 3.89. The topological polar surface area (TPSA) is 92.1 Å². The van der Waals surface area contributed by atoms with Gasteiger partial charge in [0.15, 0.2) is 12.2 Å². The molecule has 114 valence electrons. The standard InChI is InChI=1S/C17H13N3O3/c1-10-13(7-18)15(16(17(21)22)20(10)2)12-5-3-11(4-6-12)14-8-19-9-23-14/h3-6,8-9H,1-2H3,(H,21,22). The summed E-state index contributed by atoms with van der Waals surface area (Å²) >= 11 is 0. The highest BCUT2D eigenvalue weighted by atomic mass is 16.4. The monoisotopic (exact) mass is 307 g/mol. The Kier molecular flexibility index (Phi) is 3.47. The first-order valence-electron chi connectivity index (χ1n) is 6.86. The molecule has 2 heterocycles. The largest absolute Gasteiger partial charge is 0.477 e. The van der Waals surface area contributed by atoms with Gasteiger partial charge in [0.25, 0.3) is 0 Å². The Balaban J connectivity index is 2.17. The van der Waals surface area contributed by atoms with E-state index in [1.54, 1.807) is 32.3 Å². The zero-order chi connectivity index (χ0) is 16.6. The molecule has 2 aromatic heterocycles. The number of aromatic nitrogens is 2. The van der Waals surface area contributed by atoms with E-state index in [-0.39, 0.29) is 5.69 Å². The van der Waals surface area contributed by atoms with Crippen LogP contribution in [0, 0.1) is 18.3 Å². The highest BCUT2D eigenvalue weighted by Gasteiger charge is 2.24. The fourth-order valence-electron chi connectivity index (χ4n) is 2.63. The van der Waals surface area contributed by atoms with Crippen LogP contribution in [-0.4, -0.2) is 20.6 Å². The molecule has 6 heteroatoms. The van der Waals surface area contributed by atoms with Gasteiger partial charge in [0.1, 0.15) is 11.8 Å². The molecule has 0 aliphatic heterocycles. The van der Waals surface area contributed by atoms with E-state index in [1.807, 2.05) is 12.1 Å².